The number of benzene rings is 2. The molecular formula is C23H23N3O6. The summed E-state index contributed by atoms with van der Waals surface area (Å²) < 4.78 is 5.36. The molecule has 166 valence electrons. The maximum atomic E-state index is 13.0. The van der Waals surface area contributed by atoms with E-state index in [0.717, 1.165) is 13.1 Å². The molecule has 2 saturated heterocycles. The molecule has 2 aliphatic heterocycles. The Morgan fingerprint density at radius 3 is 2.31 bits per heavy atom. The average Bonchev–Trinajstić information content (AvgIpc) is 3.08. The van der Waals surface area contributed by atoms with Crippen LogP contribution in [0.25, 0.3) is 5.76 Å². The SMILES string of the molecule is O=C1C(=O)N(CCN2CCOCC2)[C@H](c2ccc([N+](=O)[O-])cc2)C1=C(O)c1ccccc1. The molecule has 9 nitrogen and oxygen atoms in total. The highest BCUT2D eigenvalue weighted by Crippen LogP contribution is 2.39. The number of Topliss-reactive ketones (excluding diaryl/α,β-unsaturated/α-hetero) is 1. The minimum absolute atomic E-state index is 0.0166. The third-order valence-electron chi connectivity index (χ3n) is 5.77. The van der Waals surface area contributed by atoms with Gasteiger partial charge in [0, 0.05) is 43.9 Å². The van der Waals surface area contributed by atoms with Gasteiger partial charge in [-0.1, -0.05) is 30.3 Å². The van der Waals surface area contributed by atoms with Crippen LogP contribution in [0.3, 0.4) is 0 Å². The second kappa shape index (κ2) is 9.29. The van der Waals surface area contributed by atoms with Gasteiger partial charge in [0.2, 0.25) is 0 Å². The first-order valence-electron chi connectivity index (χ1n) is 10.4. The number of carbonyl (C=O) groups is 2. The van der Waals surface area contributed by atoms with Crippen molar-refractivity contribution in [2.75, 3.05) is 39.4 Å². The van der Waals surface area contributed by atoms with Crippen LogP contribution in [0.5, 0.6) is 0 Å². The minimum Gasteiger partial charge on any atom is -0.507 e. The summed E-state index contributed by atoms with van der Waals surface area (Å²) in [4.78, 5) is 40.1. The number of amides is 1. The third-order valence-corrected chi connectivity index (χ3v) is 5.77. The second-order valence-corrected chi connectivity index (χ2v) is 7.66. The van der Waals surface area contributed by atoms with E-state index < -0.39 is 22.7 Å². The van der Waals surface area contributed by atoms with Crippen molar-refractivity contribution in [3.63, 3.8) is 0 Å². The van der Waals surface area contributed by atoms with E-state index in [9.17, 15) is 24.8 Å². The number of aliphatic hydroxyl groups is 1. The Morgan fingerprint density at radius 2 is 1.69 bits per heavy atom. The first kappa shape index (κ1) is 21.7. The highest BCUT2D eigenvalue weighted by atomic mass is 16.6. The van der Waals surface area contributed by atoms with Gasteiger partial charge in [-0.2, -0.15) is 0 Å². The summed E-state index contributed by atoms with van der Waals surface area (Å²) in [5, 5.41) is 22.0. The van der Waals surface area contributed by atoms with Crippen molar-refractivity contribution < 1.29 is 24.4 Å². The maximum Gasteiger partial charge on any atom is 0.295 e. The van der Waals surface area contributed by atoms with E-state index >= 15 is 0 Å². The molecule has 0 spiro atoms. The molecule has 4 rings (SSSR count). The summed E-state index contributed by atoms with van der Waals surface area (Å²) in [6.07, 6.45) is 0. The van der Waals surface area contributed by atoms with Gasteiger partial charge in [-0.15, -0.1) is 0 Å². The summed E-state index contributed by atoms with van der Waals surface area (Å²) in [6.45, 7) is 3.51. The monoisotopic (exact) mass is 437 g/mol. The minimum atomic E-state index is -0.836. The quantitative estimate of drug-likeness (QED) is 0.243. The Morgan fingerprint density at radius 1 is 1.03 bits per heavy atom. The summed E-state index contributed by atoms with van der Waals surface area (Å²) in [5.74, 6) is -1.73. The van der Waals surface area contributed by atoms with Crippen LogP contribution in [0.4, 0.5) is 5.69 Å². The van der Waals surface area contributed by atoms with Crippen molar-refractivity contribution in [2.45, 2.75) is 6.04 Å². The number of nitro groups is 1. The van der Waals surface area contributed by atoms with Gasteiger partial charge in [0.25, 0.3) is 17.4 Å². The van der Waals surface area contributed by atoms with Crippen LogP contribution in [-0.4, -0.2) is 70.9 Å². The zero-order chi connectivity index (χ0) is 22.7. The number of non-ortho nitro benzene ring substituents is 1. The molecule has 0 saturated carbocycles. The highest BCUT2D eigenvalue weighted by Gasteiger charge is 2.46. The van der Waals surface area contributed by atoms with Crippen molar-refractivity contribution in [1.29, 1.82) is 0 Å². The zero-order valence-electron chi connectivity index (χ0n) is 17.3. The second-order valence-electron chi connectivity index (χ2n) is 7.66. The largest absolute Gasteiger partial charge is 0.507 e. The van der Waals surface area contributed by atoms with Gasteiger partial charge in [0.15, 0.2) is 0 Å². The number of ether oxygens (including phenoxy) is 1. The molecule has 9 heteroatoms. The topological polar surface area (TPSA) is 113 Å². The van der Waals surface area contributed by atoms with Crippen molar-refractivity contribution in [3.8, 4) is 0 Å². The van der Waals surface area contributed by atoms with Crippen LogP contribution in [0, 0.1) is 10.1 Å². The number of ketones is 1. The first-order valence-corrected chi connectivity index (χ1v) is 10.4. The van der Waals surface area contributed by atoms with E-state index in [2.05, 4.69) is 4.90 Å². The number of nitrogens with zero attached hydrogens (tertiary/aromatic N) is 3. The predicted octanol–water partition coefficient (Wildman–Crippen LogP) is 2.35. The average molecular weight is 437 g/mol. The molecule has 2 aliphatic rings. The normalized spacial score (nSPS) is 21.1. The standard InChI is InChI=1S/C23H23N3O6/c27-21(17-4-2-1-3-5-17)19-20(16-6-8-18(9-7-16)26(30)31)25(23(29)22(19)28)11-10-24-12-14-32-15-13-24/h1-9,20,27H,10-15H2/t20-/m1/s1. The lowest BCUT2D eigenvalue weighted by Crippen LogP contribution is -2.42. The number of aliphatic hydroxyl groups excluding tert-OH is 1. The Bertz CT molecular complexity index is 1050. The van der Waals surface area contributed by atoms with Crippen LogP contribution in [0.15, 0.2) is 60.2 Å². The zero-order valence-corrected chi connectivity index (χ0v) is 17.3. The summed E-state index contributed by atoms with van der Waals surface area (Å²) in [7, 11) is 0. The Labute approximate surface area is 184 Å². The molecule has 1 atom stereocenters. The lowest BCUT2D eigenvalue weighted by Gasteiger charge is -2.31. The summed E-state index contributed by atoms with van der Waals surface area (Å²) in [6, 6.07) is 13.4. The molecule has 1 N–H and O–H groups in total. The Hall–Kier alpha value is -3.56. The molecule has 32 heavy (non-hydrogen) atoms. The number of rotatable bonds is 6. The fourth-order valence-electron chi connectivity index (χ4n) is 4.06. The summed E-state index contributed by atoms with van der Waals surface area (Å²) >= 11 is 0. The number of morpholine rings is 1. The molecule has 2 aromatic rings. The van der Waals surface area contributed by atoms with Crippen LogP contribution >= 0.6 is 0 Å². The number of carbonyl (C=O) groups excluding carboxylic acids is 2. The van der Waals surface area contributed by atoms with Gasteiger partial charge >= 0.3 is 0 Å². The van der Waals surface area contributed by atoms with Gasteiger partial charge in [-0.3, -0.25) is 24.6 Å². The molecule has 0 aromatic heterocycles. The van der Waals surface area contributed by atoms with E-state index in [1.165, 1.54) is 29.2 Å². The number of likely N-dealkylation sites (tertiary alicyclic amines) is 1. The summed E-state index contributed by atoms with van der Waals surface area (Å²) in [5.41, 5.74) is 0.832. The lowest BCUT2D eigenvalue weighted by atomic mass is 9.95. The van der Waals surface area contributed by atoms with Crippen LogP contribution in [0.1, 0.15) is 17.2 Å². The van der Waals surface area contributed by atoms with Crippen LogP contribution in [0.2, 0.25) is 0 Å². The van der Waals surface area contributed by atoms with Crippen molar-refractivity contribution >= 4 is 23.1 Å². The van der Waals surface area contributed by atoms with Gasteiger partial charge in [0.05, 0.1) is 29.8 Å². The Kier molecular flexibility index (Phi) is 6.29. The lowest BCUT2D eigenvalue weighted by molar-refractivity contribution is -0.384. The molecule has 2 fully saturated rings. The molecule has 0 radical (unpaired) electrons. The van der Waals surface area contributed by atoms with Crippen molar-refractivity contribution in [1.82, 2.24) is 9.80 Å². The molecule has 2 heterocycles. The van der Waals surface area contributed by atoms with Crippen molar-refractivity contribution in [2.24, 2.45) is 0 Å². The molecular weight excluding hydrogens is 414 g/mol. The highest BCUT2D eigenvalue weighted by molar-refractivity contribution is 6.46. The molecule has 2 aromatic carbocycles. The number of nitro benzene ring substituents is 1. The Balaban J connectivity index is 1.73. The smallest absolute Gasteiger partial charge is 0.295 e. The maximum absolute atomic E-state index is 13.0. The number of hydrogen-bond donors (Lipinski definition) is 1. The molecule has 0 bridgehead atoms. The van der Waals surface area contributed by atoms with Gasteiger partial charge < -0.3 is 14.7 Å². The van der Waals surface area contributed by atoms with Crippen molar-refractivity contribution in [3.05, 3.63) is 81.4 Å². The molecule has 0 unspecified atom stereocenters. The van der Waals surface area contributed by atoms with E-state index in [1.807, 2.05) is 0 Å². The van der Waals surface area contributed by atoms with E-state index in [1.54, 1.807) is 30.3 Å². The molecule has 0 aliphatic carbocycles. The van der Waals surface area contributed by atoms with E-state index in [4.69, 9.17) is 4.74 Å². The fourth-order valence-corrected chi connectivity index (χ4v) is 4.06. The van der Waals surface area contributed by atoms with Gasteiger partial charge in [-0.05, 0) is 17.7 Å². The van der Waals surface area contributed by atoms with Gasteiger partial charge in [0.1, 0.15) is 5.76 Å². The first-order chi connectivity index (χ1) is 15.5. The molecule has 1 amide bonds. The number of hydrogen-bond acceptors (Lipinski definition) is 7. The fraction of sp³-hybridized carbons (Fsp3) is 0.304. The third kappa shape index (κ3) is 4.25. The van der Waals surface area contributed by atoms with E-state index in [-0.39, 0.29) is 23.6 Å². The van der Waals surface area contributed by atoms with Crippen LogP contribution < -0.4 is 0 Å². The van der Waals surface area contributed by atoms with Crippen LogP contribution in [-0.2, 0) is 14.3 Å². The van der Waals surface area contributed by atoms with E-state index in [0.29, 0.717) is 30.9 Å². The van der Waals surface area contributed by atoms with Gasteiger partial charge in [-0.25, -0.2) is 0 Å². The predicted molar refractivity (Wildman–Crippen MR) is 116 cm³/mol.